The van der Waals surface area contributed by atoms with Crippen molar-refractivity contribution in [3.05, 3.63) is 52.2 Å². The van der Waals surface area contributed by atoms with Gasteiger partial charge in [-0.3, -0.25) is 0 Å². The molecule has 4 N–H and O–H groups in total. The van der Waals surface area contributed by atoms with Crippen LogP contribution in [0, 0.1) is 6.92 Å². The summed E-state index contributed by atoms with van der Waals surface area (Å²) in [6, 6.07) is 7.83. The monoisotopic (exact) mass is 233 g/mol. The Labute approximate surface area is 98.5 Å². The van der Waals surface area contributed by atoms with Crippen molar-refractivity contribution in [2.24, 2.45) is 0 Å². The van der Waals surface area contributed by atoms with Crippen LogP contribution in [0.5, 0.6) is 0 Å². The molecule has 2 rings (SSSR count). The van der Waals surface area contributed by atoms with Crippen LogP contribution in [0.1, 0.15) is 17.4 Å². The first-order valence-electron chi connectivity index (χ1n) is 5.42. The summed E-state index contributed by atoms with van der Waals surface area (Å²) in [6.07, 6.45) is 0.737. The van der Waals surface area contributed by atoms with E-state index in [0.717, 1.165) is 11.3 Å². The molecule has 0 aliphatic carbocycles. The molecule has 0 saturated carbocycles. The number of hydrogen-bond acceptors (Lipinski definition) is 3. The quantitative estimate of drug-likeness (QED) is 0.639. The summed E-state index contributed by atoms with van der Waals surface area (Å²) in [6.45, 7) is 2.34. The third-order valence-corrected chi connectivity index (χ3v) is 2.61. The molecule has 0 saturated heterocycles. The summed E-state index contributed by atoms with van der Waals surface area (Å²) in [5, 5.41) is 13.0. The fraction of sp³-hybridized carbons (Fsp3) is 0.250. The van der Waals surface area contributed by atoms with Crippen LogP contribution in [-0.4, -0.2) is 21.6 Å². The topological polar surface area (TPSA) is 80.9 Å². The summed E-state index contributed by atoms with van der Waals surface area (Å²) in [4.78, 5) is 15.9. The summed E-state index contributed by atoms with van der Waals surface area (Å²) in [5.74, 6) is 0. The number of H-pyrrole nitrogens is 2. The molecule has 1 heterocycles. The summed E-state index contributed by atoms with van der Waals surface area (Å²) in [7, 11) is 0. The van der Waals surface area contributed by atoms with Crippen LogP contribution in [0.2, 0.25) is 0 Å². The Hall–Kier alpha value is -2.01. The smallest absolute Gasteiger partial charge is 0.323 e. The third kappa shape index (κ3) is 2.76. The molecular formula is C12H15N3O2. The molecule has 1 unspecified atom stereocenters. The second kappa shape index (κ2) is 4.88. The Bertz CT molecular complexity index is 544. The average Bonchev–Trinajstić information content (AvgIpc) is 2.74. The van der Waals surface area contributed by atoms with Gasteiger partial charge in [-0.2, -0.15) is 0 Å². The lowest BCUT2D eigenvalue weighted by Crippen LogP contribution is -2.14. The van der Waals surface area contributed by atoms with E-state index in [4.69, 9.17) is 0 Å². The Morgan fingerprint density at radius 1 is 1.41 bits per heavy atom. The number of imidazole rings is 1. The van der Waals surface area contributed by atoms with Gasteiger partial charge in [-0.05, 0) is 18.6 Å². The maximum absolute atomic E-state index is 10.9. The molecule has 1 aromatic carbocycles. The first kappa shape index (κ1) is 11.5. The SMILES string of the molecule is Cc1ccccc1NCC(O)c1c[nH]c(=O)[nH]1. The molecule has 0 bridgehead atoms. The number of aromatic nitrogens is 2. The molecule has 2 aromatic rings. The molecule has 90 valence electrons. The number of aryl methyl sites for hydroxylation is 1. The van der Waals surface area contributed by atoms with Crippen molar-refractivity contribution in [2.45, 2.75) is 13.0 Å². The largest absolute Gasteiger partial charge is 0.385 e. The van der Waals surface area contributed by atoms with Crippen molar-refractivity contribution in [1.29, 1.82) is 0 Å². The van der Waals surface area contributed by atoms with E-state index in [0.29, 0.717) is 12.2 Å². The lowest BCUT2D eigenvalue weighted by atomic mass is 10.2. The van der Waals surface area contributed by atoms with Gasteiger partial charge in [0.25, 0.3) is 0 Å². The van der Waals surface area contributed by atoms with Gasteiger partial charge in [-0.25, -0.2) is 4.79 Å². The van der Waals surface area contributed by atoms with Crippen molar-refractivity contribution in [2.75, 3.05) is 11.9 Å². The predicted molar refractivity (Wildman–Crippen MR) is 66.0 cm³/mol. The third-order valence-electron chi connectivity index (χ3n) is 2.61. The Balaban J connectivity index is 1.99. The average molecular weight is 233 g/mol. The van der Waals surface area contributed by atoms with Crippen LogP contribution >= 0.6 is 0 Å². The van der Waals surface area contributed by atoms with Gasteiger partial charge in [0.1, 0.15) is 6.10 Å². The molecule has 17 heavy (non-hydrogen) atoms. The summed E-state index contributed by atoms with van der Waals surface area (Å²) in [5.41, 5.74) is 2.26. The van der Waals surface area contributed by atoms with Gasteiger partial charge in [-0.15, -0.1) is 0 Å². The number of aromatic amines is 2. The normalized spacial score (nSPS) is 12.4. The van der Waals surface area contributed by atoms with E-state index < -0.39 is 6.10 Å². The minimum Gasteiger partial charge on any atom is -0.385 e. The van der Waals surface area contributed by atoms with Gasteiger partial charge < -0.3 is 20.4 Å². The fourth-order valence-corrected chi connectivity index (χ4v) is 1.61. The first-order valence-corrected chi connectivity index (χ1v) is 5.42. The van der Waals surface area contributed by atoms with Gasteiger partial charge in [0, 0.05) is 18.4 Å². The highest BCUT2D eigenvalue weighted by molar-refractivity contribution is 5.50. The molecule has 0 aliphatic heterocycles. The number of aliphatic hydroxyl groups is 1. The lowest BCUT2D eigenvalue weighted by molar-refractivity contribution is 0.187. The zero-order chi connectivity index (χ0) is 12.3. The maximum atomic E-state index is 10.9. The van der Waals surface area contributed by atoms with Crippen molar-refractivity contribution < 1.29 is 5.11 Å². The molecule has 0 aliphatic rings. The zero-order valence-corrected chi connectivity index (χ0v) is 9.53. The van der Waals surface area contributed by atoms with Crippen molar-refractivity contribution in [3.63, 3.8) is 0 Å². The molecule has 0 amide bonds. The Kier molecular flexibility index (Phi) is 3.30. The fourth-order valence-electron chi connectivity index (χ4n) is 1.61. The summed E-state index contributed by atoms with van der Waals surface area (Å²) >= 11 is 0. The molecule has 0 fully saturated rings. The number of anilines is 1. The van der Waals surface area contributed by atoms with Crippen molar-refractivity contribution >= 4 is 5.69 Å². The molecule has 5 nitrogen and oxygen atoms in total. The standard InChI is InChI=1S/C12H15N3O2/c1-8-4-2-3-5-9(8)13-7-11(16)10-6-14-12(17)15-10/h2-6,11,13,16H,7H2,1H3,(H2,14,15,17). The van der Waals surface area contributed by atoms with E-state index in [-0.39, 0.29) is 5.69 Å². The van der Waals surface area contributed by atoms with E-state index in [1.54, 1.807) is 0 Å². The Morgan fingerprint density at radius 3 is 2.82 bits per heavy atom. The minimum absolute atomic E-state index is 0.310. The van der Waals surface area contributed by atoms with Gasteiger partial charge in [0.15, 0.2) is 0 Å². The van der Waals surface area contributed by atoms with Crippen molar-refractivity contribution in [3.8, 4) is 0 Å². The molecule has 1 atom stereocenters. The number of hydrogen-bond donors (Lipinski definition) is 4. The number of benzene rings is 1. The van der Waals surface area contributed by atoms with Gasteiger partial charge in [-0.1, -0.05) is 18.2 Å². The summed E-state index contributed by atoms with van der Waals surface area (Å²) < 4.78 is 0. The minimum atomic E-state index is -0.742. The number of nitrogens with one attached hydrogen (secondary N) is 3. The first-order chi connectivity index (χ1) is 8.16. The molecule has 5 heteroatoms. The molecule has 0 spiro atoms. The van der Waals surface area contributed by atoms with E-state index in [9.17, 15) is 9.90 Å². The predicted octanol–water partition coefficient (Wildman–Crippen LogP) is 1.16. The second-order valence-electron chi connectivity index (χ2n) is 3.91. The molecule has 1 aromatic heterocycles. The Morgan fingerprint density at radius 2 is 2.18 bits per heavy atom. The molecule has 0 radical (unpaired) electrons. The van der Waals surface area contributed by atoms with Crippen LogP contribution in [-0.2, 0) is 0 Å². The number of rotatable bonds is 4. The van der Waals surface area contributed by atoms with Crippen LogP contribution < -0.4 is 11.0 Å². The lowest BCUT2D eigenvalue weighted by Gasteiger charge is -2.12. The van der Waals surface area contributed by atoms with Crippen LogP contribution in [0.25, 0.3) is 0 Å². The van der Waals surface area contributed by atoms with Crippen LogP contribution in [0.3, 0.4) is 0 Å². The second-order valence-corrected chi connectivity index (χ2v) is 3.91. The van der Waals surface area contributed by atoms with E-state index in [1.807, 2.05) is 31.2 Å². The highest BCUT2D eigenvalue weighted by Gasteiger charge is 2.09. The van der Waals surface area contributed by atoms with E-state index >= 15 is 0 Å². The van der Waals surface area contributed by atoms with E-state index in [1.165, 1.54) is 6.20 Å². The molecular weight excluding hydrogens is 218 g/mol. The van der Waals surface area contributed by atoms with Crippen LogP contribution in [0.15, 0.2) is 35.3 Å². The zero-order valence-electron chi connectivity index (χ0n) is 9.53. The van der Waals surface area contributed by atoms with E-state index in [2.05, 4.69) is 15.3 Å². The van der Waals surface area contributed by atoms with Gasteiger partial charge in [0.2, 0.25) is 0 Å². The number of para-hydroxylation sites is 1. The highest BCUT2D eigenvalue weighted by Crippen LogP contribution is 2.15. The van der Waals surface area contributed by atoms with Gasteiger partial charge in [0.05, 0.1) is 5.69 Å². The maximum Gasteiger partial charge on any atom is 0.323 e. The van der Waals surface area contributed by atoms with Gasteiger partial charge >= 0.3 is 5.69 Å². The highest BCUT2D eigenvalue weighted by atomic mass is 16.3. The number of aliphatic hydroxyl groups excluding tert-OH is 1. The van der Waals surface area contributed by atoms with Crippen LogP contribution in [0.4, 0.5) is 5.69 Å². The van der Waals surface area contributed by atoms with Crippen molar-refractivity contribution in [1.82, 2.24) is 9.97 Å².